The molecule has 0 amide bonds. The average molecular weight is 183 g/mol. The molecular weight excluding hydrogens is 170 g/mol. The Morgan fingerprint density at radius 3 is 2.57 bits per heavy atom. The van der Waals surface area contributed by atoms with Gasteiger partial charge in [-0.05, 0) is 30.7 Å². The van der Waals surface area contributed by atoms with Crippen LogP contribution in [-0.4, -0.2) is 4.98 Å². The summed E-state index contributed by atoms with van der Waals surface area (Å²) in [7, 11) is 0. The lowest BCUT2D eigenvalue weighted by Crippen LogP contribution is -1.90. The Morgan fingerprint density at radius 1 is 1.14 bits per heavy atom. The first kappa shape index (κ1) is 7.98. The Balaban J connectivity index is 2.35. The summed E-state index contributed by atoms with van der Waals surface area (Å²) in [6.07, 6.45) is 4.65. The molecule has 1 heterocycles. The van der Waals surface area contributed by atoms with Gasteiger partial charge in [0.2, 0.25) is 0 Å². The molecule has 0 atom stereocenters. The fraction of sp³-hybridized carbons (Fsp3) is 0.308. The topological polar surface area (TPSA) is 12.9 Å². The van der Waals surface area contributed by atoms with E-state index in [1.54, 1.807) is 0 Å². The van der Waals surface area contributed by atoms with Crippen molar-refractivity contribution in [3.63, 3.8) is 0 Å². The first-order chi connectivity index (χ1) is 6.86. The second kappa shape index (κ2) is 2.81. The van der Waals surface area contributed by atoms with Gasteiger partial charge in [0.25, 0.3) is 0 Å². The van der Waals surface area contributed by atoms with E-state index in [0.717, 1.165) is 5.92 Å². The molecule has 14 heavy (non-hydrogen) atoms. The molecule has 2 aromatic rings. The molecule has 3 rings (SSSR count). The molecule has 0 saturated heterocycles. The van der Waals surface area contributed by atoms with Gasteiger partial charge in [-0.15, -0.1) is 0 Å². The van der Waals surface area contributed by atoms with Gasteiger partial charge in [0.15, 0.2) is 0 Å². The molecule has 1 aromatic carbocycles. The van der Waals surface area contributed by atoms with Crippen molar-refractivity contribution in [3.05, 3.63) is 41.7 Å². The second-order valence-corrected chi connectivity index (χ2v) is 4.15. The van der Waals surface area contributed by atoms with Crippen LogP contribution in [0.5, 0.6) is 0 Å². The van der Waals surface area contributed by atoms with Gasteiger partial charge in [0.1, 0.15) is 0 Å². The molecule has 1 saturated carbocycles. The van der Waals surface area contributed by atoms with E-state index >= 15 is 0 Å². The van der Waals surface area contributed by atoms with Crippen LogP contribution in [0.2, 0.25) is 0 Å². The number of hydrogen-bond acceptors (Lipinski definition) is 1. The van der Waals surface area contributed by atoms with Crippen LogP contribution in [-0.2, 0) is 0 Å². The number of aryl methyl sites for hydroxylation is 1. The van der Waals surface area contributed by atoms with Gasteiger partial charge in [-0.3, -0.25) is 4.98 Å². The van der Waals surface area contributed by atoms with Gasteiger partial charge in [0.05, 0.1) is 5.69 Å². The van der Waals surface area contributed by atoms with Crippen molar-refractivity contribution in [2.45, 2.75) is 25.7 Å². The van der Waals surface area contributed by atoms with Crippen LogP contribution in [0.25, 0.3) is 10.8 Å². The summed E-state index contributed by atoms with van der Waals surface area (Å²) in [6, 6.07) is 8.60. The number of benzene rings is 1. The van der Waals surface area contributed by atoms with E-state index < -0.39 is 0 Å². The zero-order valence-electron chi connectivity index (χ0n) is 8.33. The third kappa shape index (κ3) is 1.12. The fourth-order valence-corrected chi connectivity index (χ4v) is 2.04. The largest absolute Gasteiger partial charge is 0.260 e. The van der Waals surface area contributed by atoms with E-state index in [1.807, 2.05) is 6.20 Å². The zero-order chi connectivity index (χ0) is 9.54. The minimum absolute atomic E-state index is 0.737. The third-order valence-electron chi connectivity index (χ3n) is 2.99. The molecule has 1 nitrogen and oxygen atoms in total. The van der Waals surface area contributed by atoms with Crippen LogP contribution in [0.1, 0.15) is 30.0 Å². The van der Waals surface area contributed by atoms with Crippen LogP contribution in [0.3, 0.4) is 0 Å². The van der Waals surface area contributed by atoms with E-state index in [2.05, 4.69) is 36.2 Å². The van der Waals surface area contributed by atoms with E-state index in [-0.39, 0.29) is 0 Å². The van der Waals surface area contributed by atoms with E-state index in [4.69, 9.17) is 0 Å². The predicted molar refractivity (Wildman–Crippen MR) is 58.5 cm³/mol. The molecule has 0 aliphatic heterocycles. The lowest BCUT2D eigenvalue weighted by atomic mass is 10.0. The smallest absolute Gasteiger partial charge is 0.0512 e. The first-order valence-corrected chi connectivity index (χ1v) is 5.20. The van der Waals surface area contributed by atoms with Crippen LogP contribution in [0, 0.1) is 6.92 Å². The minimum atomic E-state index is 0.737. The molecule has 0 unspecified atom stereocenters. The van der Waals surface area contributed by atoms with Gasteiger partial charge in [-0.25, -0.2) is 0 Å². The van der Waals surface area contributed by atoms with E-state index in [9.17, 15) is 0 Å². The van der Waals surface area contributed by atoms with Crippen LogP contribution in [0.15, 0.2) is 30.5 Å². The van der Waals surface area contributed by atoms with Crippen molar-refractivity contribution in [1.82, 2.24) is 4.98 Å². The molecule has 1 aromatic heterocycles. The fourth-order valence-electron chi connectivity index (χ4n) is 2.04. The summed E-state index contributed by atoms with van der Waals surface area (Å²) >= 11 is 0. The molecular formula is C13H13N. The molecule has 1 heteroatoms. The summed E-state index contributed by atoms with van der Waals surface area (Å²) in [5.41, 5.74) is 2.59. The van der Waals surface area contributed by atoms with Gasteiger partial charge < -0.3 is 0 Å². The molecule has 70 valence electrons. The van der Waals surface area contributed by atoms with E-state index in [1.165, 1.54) is 34.9 Å². The molecule has 0 spiro atoms. The number of rotatable bonds is 1. The van der Waals surface area contributed by atoms with Crippen molar-refractivity contribution in [2.24, 2.45) is 0 Å². The molecule has 0 radical (unpaired) electrons. The first-order valence-electron chi connectivity index (χ1n) is 5.20. The predicted octanol–water partition coefficient (Wildman–Crippen LogP) is 3.42. The molecule has 1 fully saturated rings. The maximum absolute atomic E-state index is 4.57. The number of fused-ring (bicyclic) bond motifs is 1. The third-order valence-corrected chi connectivity index (χ3v) is 2.99. The standard InChI is InChI=1S/C13H13N/c1-9-8-14-13(10-6-7-10)12-5-3-2-4-11(9)12/h2-5,8,10H,6-7H2,1H3. The van der Waals surface area contributed by atoms with Crippen molar-refractivity contribution >= 4 is 10.8 Å². The Bertz CT molecular complexity index is 484. The maximum Gasteiger partial charge on any atom is 0.0512 e. The number of aromatic nitrogens is 1. The van der Waals surface area contributed by atoms with E-state index in [0.29, 0.717) is 0 Å². The van der Waals surface area contributed by atoms with Gasteiger partial charge in [-0.1, -0.05) is 24.3 Å². The Hall–Kier alpha value is -1.37. The average Bonchev–Trinajstić information content (AvgIpc) is 3.03. The highest BCUT2D eigenvalue weighted by molar-refractivity contribution is 5.87. The summed E-state index contributed by atoms with van der Waals surface area (Å²) in [6.45, 7) is 2.13. The number of hydrogen-bond donors (Lipinski definition) is 0. The van der Waals surface area contributed by atoms with Crippen LogP contribution < -0.4 is 0 Å². The van der Waals surface area contributed by atoms with Gasteiger partial charge in [-0.2, -0.15) is 0 Å². The quantitative estimate of drug-likeness (QED) is 0.660. The lowest BCUT2D eigenvalue weighted by Gasteiger charge is -2.06. The SMILES string of the molecule is Cc1cnc(C2CC2)c2ccccc12. The summed E-state index contributed by atoms with van der Waals surface area (Å²) < 4.78 is 0. The summed E-state index contributed by atoms with van der Waals surface area (Å²) in [5, 5.41) is 2.72. The van der Waals surface area contributed by atoms with Crippen LogP contribution in [0.4, 0.5) is 0 Å². The monoisotopic (exact) mass is 183 g/mol. The Kier molecular flexibility index (Phi) is 1.60. The zero-order valence-corrected chi connectivity index (χ0v) is 8.33. The number of pyridine rings is 1. The molecule has 0 N–H and O–H groups in total. The molecule has 0 bridgehead atoms. The highest BCUT2D eigenvalue weighted by Crippen LogP contribution is 2.42. The summed E-state index contributed by atoms with van der Waals surface area (Å²) in [5.74, 6) is 0.737. The molecule has 1 aliphatic carbocycles. The number of nitrogens with zero attached hydrogens (tertiary/aromatic N) is 1. The lowest BCUT2D eigenvalue weighted by molar-refractivity contribution is 1.04. The van der Waals surface area contributed by atoms with Gasteiger partial charge in [0, 0.05) is 17.5 Å². The van der Waals surface area contributed by atoms with Gasteiger partial charge >= 0.3 is 0 Å². The Morgan fingerprint density at radius 2 is 1.86 bits per heavy atom. The minimum Gasteiger partial charge on any atom is -0.260 e. The maximum atomic E-state index is 4.57. The second-order valence-electron chi connectivity index (χ2n) is 4.15. The van der Waals surface area contributed by atoms with Crippen molar-refractivity contribution < 1.29 is 0 Å². The van der Waals surface area contributed by atoms with Crippen LogP contribution >= 0.6 is 0 Å². The highest BCUT2D eigenvalue weighted by Gasteiger charge is 2.26. The van der Waals surface area contributed by atoms with Crippen molar-refractivity contribution in [1.29, 1.82) is 0 Å². The summed E-state index contributed by atoms with van der Waals surface area (Å²) in [4.78, 5) is 4.57. The highest BCUT2D eigenvalue weighted by atomic mass is 14.7. The van der Waals surface area contributed by atoms with Crippen molar-refractivity contribution in [3.8, 4) is 0 Å². The molecule has 1 aliphatic rings. The van der Waals surface area contributed by atoms with Crippen molar-refractivity contribution in [2.75, 3.05) is 0 Å². The normalized spacial score (nSPS) is 16.1. The Labute approximate surface area is 83.8 Å².